The molecule has 1 N–H and O–H groups in total. The van der Waals surface area contributed by atoms with Gasteiger partial charge in [0.05, 0.1) is 0 Å². The van der Waals surface area contributed by atoms with E-state index >= 15 is 0 Å². The van der Waals surface area contributed by atoms with Gasteiger partial charge in [-0.1, -0.05) is 59.1 Å². The maximum atomic E-state index is 13.8. The highest BCUT2D eigenvalue weighted by atomic mass is 35.5. The Kier molecular flexibility index (Phi) is 7.19. The molecule has 0 heterocycles. The maximum absolute atomic E-state index is 13.8. The van der Waals surface area contributed by atoms with Crippen LogP contribution in [0.1, 0.15) is 22.6 Å². The maximum Gasteiger partial charge on any atom is 0.404 e. The molecule has 2 unspecified atom stereocenters. The molecule has 0 bridgehead atoms. The third kappa shape index (κ3) is 5.42. The number of nitrogens with zero attached hydrogens (tertiary/aromatic N) is 1. The van der Waals surface area contributed by atoms with Gasteiger partial charge in [-0.25, -0.2) is 4.79 Å². The molecule has 2 atom stereocenters. The van der Waals surface area contributed by atoms with Crippen molar-refractivity contribution in [3.8, 4) is 0 Å². The van der Waals surface area contributed by atoms with E-state index in [2.05, 4.69) is 0 Å². The van der Waals surface area contributed by atoms with Crippen molar-refractivity contribution in [1.82, 2.24) is 4.90 Å². The van der Waals surface area contributed by atoms with Crippen LogP contribution in [-0.4, -0.2) is 41.1 Å². The van der Waals surface area contributed by atoms with E-state index in [0.717, 1.165) is 12.6 Å². The first-order valence-corrected chi connectivity index (χ1v) is 9.24. The lowest BCUT2D eigenvalue weighted by Gasteiger charge is -2.30. The zero-order valence-corrected chi connectivity index (χ0v) is 17.0. The van der Waals surface area contributed by atoms with Crippen LogP contribution in [-0.2, 0) is 16.0 Å². The molecule has 0 aliphatic heterocycles. The number of rotatable bonds is 6. The Morgan fingerprint density at radius 2 is 1.59 bits per heavy atom. The molecule has 0 fully saturated rings. The first kappa shape index (κ1) is 23.0. The molecule has 0 aliphatic rings. The molecule has 2 rings (SSSR count). The fraction of sp³-hybridized carbons (Fsp3) is 0.300. The van der Waals surface area contributed by atoms with Gasteiger partial charge in [0.15, 0.2) is 5.92 Å². The van der Waals surface area contributed by atoms with Gasteiger partial charge in [-0.15, -0.1) is 0 Å². The van der Waals surface area contributed by atoms with Gasteiger partial charge in [0.1, 0.15) is 6.04 Å². The largest absolute Gasteiger partial charge is 0.480 e. The van der Waals surface area contributed by atoms with Gasteiger partial charge >= 0.3 is 12.1 Å². The fourth-order valence-electron chi connectivity index (χ4n) is 2.91. The second kappa shape index (κ2) is 9.05. The van der Waals surface area contributed by atoms with Gasteiger partial charge in [-0.05, 0) is 24.6 Å². The number of hydrogen-bond acceptors (Lipinski definition) is 2. The number of hydrogen-bond donors (Lipinski definition) is 1. The molecule has 0 saturated heterocycles. The summed E-state index contributed by atoms with van der Waals surface area (Å²) in [6, 6.07) is 9.05. The van der Waals surface area contributed by atoms with Crippen LogP contribution in [0.15, 0.2) is 42.5 Å². The highest BCUT2D eigenvalue weighted by molar-refractivity contribution is 6.36. The number of aliphatic carboxylic acids is 1. The summed E-state index contributed by atoms with van der Waals surface area (Å²) in [5.74, 6) is -5.56. The number of carboxylic acid groups (broad SMARTS) is 1. The molecular weight excluding hydrogens is 430 g/mol. The number of halogens is 5. The molecule has 156 valence electrons. The normalized spacial score (nSPS) is 13.6. The molecule has 0 radical (unpaired) electrons. The first-order valence-electron chi connectivity index (χ1n) is 8.49. The summed E-state index contributed by atoms with van der Waals surface area (Å²) in [5, 5.41) is 8.89. The van der Waals surface area contributed by atoms with Crippen molar-refractivity contribution in [2.24, 2.45) is 0 Å². The number of carbonyl (C=O) groups excluding carboxylic acids is 1. The first-order chi connectivity index (χ1) is 13.4. The topological polar surface area (TPSA) is 57.6 Å². The van der Waals surface area contributed by atoms with Gasteiger partial charge in [-0.2, -0.15) is 13.2 Å². The number of alkyl halides is 3. The standard InChI is InChI=1S/C20H18Cl2F3NO3/c1-11-6-8-12(9-7-11)10-15(19(28)29)26(2)18(27)17(20(23,24)25)16-13(21)4-3-5-14(16)22/h3-9,15,17H,10H2,1-2H3,(H,28,29). The molecule has 0 aromatic heterocycles. The zero-order valence-electron chi connectivity index (χ0n) is 15.5. The molecular formula is C20H18Cl2F3NO3. The number of likely N-dealkylation sites (N-methyl/N-ethyl adjacent to an activating group) is 1. The SMILES string of the molecule is Cc1ccc(CC(C(=O)O)N(C)C(=O)C(c2c(Cl)cccc2Cl)C(F)(F)F)cc1. The number of aryl methyl sites for hydroxylation is 1. The van der Waals surface area contributed by atoms with Crippen molar-refractivity contribution in [3.63, 3.8) is 0 Å². The Hall–Kier alpha value is -2.25. The summed E-state index contributed by atoms with van der Waals surface area (Å²) < 4.78 is 41.4. The highest BCUT2D eigenvalue weighted by Gasteiger charge is 2.50. The van der Waals surface area contributed by atoms with Gasteiger partial charge < -0.3 is 10.0 Å². The molecule has 2 aromatic carbocycles. The van der Waals surface area contributed by atoms with Crippen molar-refractivity contribution in [1.29, 1.82) is 0 Å². The number of carboxylic acids is 1. The van der Waals surface area contributed by atoms with Crippen molar-refractivity contribution in [2.45, 2.75) is 31.5 Å². The monoisotopic (exact) mass is 447 g/mol. The van der Waals surface area contributed by atoms with Gasteiger partial charge in [-0.3, -0.25) is 4.79 Å². The molecule has 0 saturated carbocycles. The van der Waals surface area contributed by atoms with E-state index in [4.69, 9.17) is 23.2 Å². The quantitative estimate of drug-likeness (QED) is 0.669. The number of benzene rings is 2. The number of carbonyl (C=O) groups is 2. The number of amides is 1. The predicted molar refractivity (Wildman–Crippen MR) is 104 cm³/mol. The average Bonchev–Trinajstić information content (AvgIpc) is 2.62. The Bertz CT molecular complexity index is 881. The van der Waals surface area contributed by atoms with E-state index in [1.54, 1.807) is 24.3 Å². The average molecular weight is 448 g/mol. The summed E-state index contributed by atoms with van der Waals surface area (Å²) >= 11 is 11.8. The van der Waals surface area contributed by atoms with Crippen LogP contribution in [0.2, 0.25) is 10.0 Å². The lowest BCUT2D eigenvalue weighted by Crippen LogP contribution is -2.48. The summed E-state index contributed by atoms with van der Waals surface area (Å²) in [6.45, 7) is 1.84. The van der Waals surface area contributed by atoms with Crippen LogP contribution >= 0.6 is 23.2 Å². The van der Waals surface area contributed by atoms with Crippen molar-refractivity contribution in [3.05, 3.63) is 69.2 Å². The molecule has 0 spiro atoms. The minimum Gasteiger partial charge on any atom is -0.480 e. The summed E-state index contributed by atoms with van der Waals surface area (Å²) in [7, 11) is 1.03. The van der Waals surface area contributed by atoms with Crippen LogP contribution in [0, 0.1) is 6.92 Å². The van der Waals surface area contributed by atoms with Crippen molar-refractivity contribution < 1.29 is 27.9 Å². The Morgan fingerprint density at radius 1 is 1.07 bits per heavy atom. The summed E-state index contributed by atoms with van der Waals surface area (Å²) in [4.78, 5) is 25.1. The van der Waals surface area contributed by atoms with Crippen LogP contribution in [0.4, 0.5) is 13.2 Å². The van der Waals surface area contributed by atoms with E-state index in [1.165, 1.54) is 18.2 Å². The molecule has 0 aliphatic carbocycles. The van der Waals surface area contributed by atoms with E-state index in [0.29, 0.717) is 10.5 Å². The lowest BCUT2D eigenvalue weighted by molar-refractivity contribution is -0.175. The van der Waals surface area contributed by atoms with E-state index in [9.17, 15) is 27.9 Å². The molecule has 4 nitrogen and oxygen atoms in total. The smallest absolute Gasteiger partial charge is 0.404 e. The highest BCUT2D eigenvalue weighted by Crippen LogP contribution is 2.42. The lowest BCUT2D eigenvalue weighted by atomic mass is 9.95. The minimum atomic E-state index is -5.02. The van der Waals surface area contributed by atoms with E-state index in [1.807, 2.05) is 6.92 Å². The van der Waals surface area contributed by atoms with Crippen molar-refractivity contribution >= 4 is 35.1 Å². The molecule has 29 heavy (non-hydrogen) atoms. The summed E-state index contributed by atoms with van der Waals surface area (Å²) in [6.07, 6.45) is -5.18. The Labute approximate surface area is 175 Å². The summed E-state index contributed by atoms with van der Waals surface area (Å²) in [5.41, 5.74) is 0.914. The van der Waals surface area contributed by atoms with E-state index < -0.39 is 35.6 Å². The molecule has 9 heteroatoms. The van der Waals surface area contributed by atoms with Crippen LogP contribution in [0.3, 0.4) is 0 Å². The second-order valence-corrected chi connectivity index (χ2v) is 7.42. The second-order valence-electron chi connectivity index (χ2n) is 6.60. The van der Waals surface area contributed by atoms with Crippen molar-refractivity contribution in [2.75, 3.05) is 7.05 Å². The molecule has 1 amide bonds. The van der Waals surface area contributed by atoms with Gasteiger partial charge in [0.2, 0.25) is 5.91 Å². The van der Waals surface area contributed by atoms with Gasteiger partial charge in [0.25, 0.3) is 0 Å². The van der Waals surface area contributed by atoms with Crippen LogP contribution < -0.4 is 0 Å². The predicted octanol–water partition coefficient (Wildman–Crippen LogP) is 5.10. The van der Waals surface area contributed by atoms with Gasteiger partial charge in [0, 0.05) is 29.1 Å². The minimum absolute atomic E-state index is 0.154. The zero-order chi connectivity index (χ0) is 21.9. The molecule has 2 aromatic rings. The Balaban J connectivity index is 2.42. The third-order valence-corrected chi connectivity index (χ3v) is 5.17. The van der Waals surface area contributed by atoms with Crippen LogP contribution in [0.25, 0.3) is 0 Å². The van der Waals surface area contributed by atoms with Crippen LogP contribution in [0.5, 0.6) is 0 Å². The Morgan fingerprint density at radius 3 is 2.03 bits per heavy atom. The fourth-order valence-corrected chi connectivity index (χ4v) is 3.52. The third-order valence-electron chi connectivity index (χ3n) is 4.51. The van der Waals surface area contributed by atoms with E-state index in [-0.39, 0.29) is 16.5 Å².